The molecule has 132 valence electrons. The van der Waals surface area contributed by atoms with Gasteiger partial charge >= 0.3 is 12.3 Å². The van der Waals surface area contributed by atoms with Crippen molar-refractivity contribution < 1.29 is 36.2 Å². The first-order valence-corrected chi connectivity index (χ1v) is 8.66. The highest BCUT2D eigenvalue weighted by molar-refractivity contribution is 7.89. The second-order valence-corrected chi connectivity index (χ2v) is 7.62. The molecule has 2 aliphatic heterocycles. The Morgan fingerprint density at radius 1 is 1.25 bits per heavy atom. The lowest BCUT2D eigenvalue weighted by Gasteiger charge is -2.24. The third-order valence-corrected chi connectivity index (χ3v) is 6.44. The largest absolute Gasteiger partial charge is 0.573 e. The topological polar surface area (TPSA) is 83.9 Å². The van der Waals surface area contributed by atoms with Gasteiger partial charge in [0.1, 0.15) is 10.6 Å². The molecule has 0 spiro atoms. The molecular weight excluding hydrogens is 351 g/mol. The zero-order valence-electron chi connectivity index (χ0n) is 12.2. The smallest absolute Gasteiger partial charge is 0.481 e. The normalized spacial score (nSPS) is 27.4. The quantitative estimate of drug-likeness (QED) is 0.884. The molecule has 1 N–H and O–H groups in total. The Morgan fingerprint density at radius 3 is 2.50 bits per heavy atom. The van der Waals surface area contributed by atoms with Crippen LogP contribution in [-0.2, 0) is 14.8 Å². The van der Waals surface area contributed by atoms with Crippen LogP contribution < -0.4 is 4.74 Å². The number of hydrogen-bond acceptors (Lipinski definition) is 4. The summed E-state index contributed by atoms with van der Waals surface area (Å²) in [6.07, 6.45) is -3.99. The molecule has 2 fully saturated rings. The van der Waals surface area contributed by atoms with Gasteiger partial charge in [0.05, 0.1) is 5.92 Å². The highest BCUT2D eigenvalue weighted by atomic mass is 32.2. The summed E-state index contributed by atoms with van der Waals surface area (Å²) in [5, 5.41) is 9.20. The van der Waals surface area contributed by atoms with Gasteiger partial charge in [-0.2, -0.15) is 4.31 Å². The molecule has 3 rings (SSSR count). The van der Waals surface area contributed by atoms with Crippen LogP contribution in [0.1, 0.15) is 19.3 Å². The molecule has 6 nitrogen and oxygen atoms in total. The number of halogens is 3. The summed E-state index contributed by atoms with van der Waals surface area (Å²) in [7, 11) is -4.30. The number of carboxylic acid groups (broad SMARTS) is 1. The van der Waals surface area contributed by atoms with E-state index >= 15 is 0 Å². The number of benzene rings is 1. The van der Waals surface area contributed by atoms with Crippen LogP contribution in [0.5, 0.6) is 5.75 Å². The Labute approximate surface area is 135 Å². The fraction of sp³-hybridized carbons (Fsp3) is 0.500. The lowest BCUT2D eigenvalue weighted by molar-refractivity contribution is -0.275. The van der Waals surface area contributed by atoms with Crippen LogP contribution in [0.2, 0.25) is 0 Å². The van der Waals surface area contributed by atoms with E-state index in [0.717, 1.165) is 16.4 Å². The summed E-state index contributed by atoms with van der Waals surface area (Å²) in [6, 6.07) is 3.23. The maximum atomic E-state index is 12.9. The van der Waals surface area contributed by atoms with Crippen LogP contribution in [-0.4, -0.2) is 42.2 Å². The fourth-order valence-corrected chi connectivity index (χ4v) is 5.60. The van der Waals surface area contributed by atoms with Gasteiger partial charge in [-0.1, -0.05) is 12.1 Å². The van der Waals surface area contributed by atoms with Gasteiger partial charge < -0.3 is 9.84 Å². The summed E-state index contributed by atoms with van der Waals surface area (Å²) < 4.78 is 68.1. The van der Waals surface area contributed by atoms with E-state index in [-0.39, 0.29) is 6.42 Å². The molecule has 10 heteroatoms. The molecule has 0 aliphatic carbocycles. The van der Waals surface area contributed by atoms with Crippen molar-refractivity contribution in [3.63, 3.8) is 0 Å². The number of hydrogen-bond donors (Lipinski definition) is 1. The Bertz CT molecular complexity index is 764. The van der Waals surface area contributed by atoms with Gasteiger partial charge in [-0.25, -0.2) is 8.42 Å². The zero-order valence-corrected chi connectivity index (χ0v) is 13.0. The number of ether oxygens (including phenoxy) is 1. The number of alkyl halides is 3. The number of para-hydroxylation sites is 1. The monoisotopic (exact) mass is 365 g/mol. The second kappa shape index (κ2) is 5.62. The van der Waals surface area contributed by atoms with Gasteiger partial charge in [0.25, 0.3) is 0 Å². The van der Waals surface area contributed by atoms with Crippen LogP contribution in [0.15, 0.2) is 29.2 Å². The first-order valence-electron chi connectivity index (χ1n) is 7.22. The minimum atomic E-state index is -5.03. The third kappa shape index (κ3) is 2.84. The van der Waals surface area contributed by atoms with Crippen LogP contribution in [0.25, 0.3) is 0 Å². The SMILES string of the molecule is O=C(O)C1CC2CCC1N2S(=O)(=O)c1ccccc1OC(F)(F)F. The van der Waals surface area contributed by atoms with E-state index in [0.29, 0.717) is 12.8 Å². The van der Waals surface area contributed by atoms with Crippen LogP contribution in [0.3, 0.4) is 0 Å². The predicted octanol–water partition coefficient (Wildman–Crippen LogP) is 2.21. The van der Waals surface area contributed by atoms with Gasteiger partial charge in [0.2, 0.25) is 10.0 Å². The van der Waals surface area contributed by atoms with Crippen molar-refractivity contribution >= 4 is 16.0 Å². The standard InChI is InChI=1S/C14H14F3NO5S/c15-14(16,17)23-11-3-1-2-4-12(11)24(21,22)18-8-5-6-10(18)9(7-8)13(19)20/h1-4,8-10H,5-7H2,(H,19,20). The highest BCUT2D eigenvalue weighted by Gasteiger charge is 2.55. The average Bonchev–Trinajstić information content (AvgIpc) is 3.04. The first-order chi connectivity index (χ1) is 11.1. The van der Waals surface area contributed by atoms with Crippen molar-refractivity contribution in [2.75, 3.05) is 0 Å². The van der Waals surface area contributed by atoms with Crippen LogP contribution in [0.4, 0.5) is 13.2 Å². The number of sulfonamides is 1. The Balaban J connectivity index is 2.00. The fourth-order valence-electron chi connectivity index (χ4n) is 3.56. The number of rotatable bonds is 4. The average molecular weight is 365 g/mol. The molecule has 0 radical (unpaired) electrons. The zero-order chi connectivity index (χ0) is 17.7. The van der Waals surface area contributed by atoms with Crippen molar-refractivity contribution in [3.8, 4) is 5.75 Å². The lowest BCUT2D eigenvalue weighted by atomic mass is 9.89. The summed E-state index contributed by atoms with van der Waals surface area (Å²) in [5.74, 6) is -2.75. The van der Waals surface area contributed by atoms with Gasteiger partial charge in [0.15, 0.2) is 0 Å². The van der Waals surface area contributed by atoms with Gasteiger partial charge in [-0.15, -0.1) is 13.2 Å². The summed E-state index contributed by atoms with van der Waals surface area (Å²) in [5.41, 5.74) is 0. The van der Waals surface area contributed by atoms with Crippen molar-refractivity contribution in [2.45, 2.75) is 42.6 Å². The lowest BCUT2D eigenvalue weighted by Crippen LogP contribution is -2.38. The molecule has 3 unspecified atom stereocenters. The van der Waals surface area contributed by atoms with E-state index in [1.807, 2.05) is 0 Å². The summed E-state index contributed by atoms with van der Waals surface area (Å²) >= 11 is 0. The molecule has 3 atom stereocenters. The van der Waals surface area contributed by atoms with Gasteiger partial charge in [-0.3, -0.25) is 4.79 Å². The molecule has 1 aromatic rings. The van der Waals surface area contributed by atoms with E-state index in [4.69, 9.17) is 0 Å². The molecule has 1 aromatic carbocycles. The number of nitrogens with zero attached hydrogens (tertiary/aromatic N) is 1. The predicted molar refractivity (Wildman–Crippen MR) is 74.7 cm³/mol. The minimum absolute atomic E-state index is 0.168. The number of aliphatic carboxylic acids is 1. The van der Waals surface area contributed by atoms with Crippen LogP contribution in [0, 0.1) is 5.92 Å². The molecular formula is C14H14F3NO5S. The maximum absolute atomic E-state index is 12.9. The number of fused-ring (bicyclic) bond motifs is 2. The van der Waals surface area contributed by atoms with Crippen LogP contribution >= 0.6 is 0 Å². The van der Waals surface area contributed by atoms with Crippen molar-refractivity contribution in [2.24, 2.45) is 5.92 Å². The molecule has 2 aliphatic rings. The molecule has 24 heavy (non-hydrogen) atoms. The molecule has 0 saturated carbocycles. The molecule has 2 bridgehead atoms. The van der Waals surface area contributed by atoms with E-state index in [1.165, 1.54) is 12.1 Å². The van der Waals surface area contributed by atoms with E-state index in [2.05, 4.69) is 4.74 Å². The minimum Gasteiger partial charge on any atom is -0.481 e. The molecule has 0 aromatic heterocycles. The molecule has 2 heterocycles. The second-order valence-electron chi connectivity index (χ2n) is 5.81. The van der Waals surface area contributed by atoms with Crippen molar-refractivity contribution in [3.05, 3.63) is 24.3 Å². The van der Waals surface area contributed by atoms with E-state index < -0.39 is 51.0 Å². The third-order valence-electron chi connectivity index (χ3n) is 4.42. The molecule has 0 amide bonds. The number of carbonyl (C=O) groups is 1. The van der Waals surface area contributed by atoms with Gasteiger partial charge in [0, 0.05) is 12.1 Å². The van der Waals surface area contributed by atoms with E-state index in [9.17, 15) is 31.5 Å². The highest BCUT2D eigenvalue weighted by Crippen LogP contribution is 2.46. The first kappa shape index (κ1) is 17.0. The van der Waals surface area contributed by atoms with E-state index in [1.54, 1.807) is 0 Å². The Morgan fingerprint density at radius 2 is 1.92 bits per heavy atom. The Kier molecular flexibility index (Phi) is 3.99. The van der Waals surface area contributed by atoms with Crippen molar-refractivity contribution in [1.82, 2.24) is 4.31 Å². The maximum Gasteiger partial charge on any atom is 0.573 e. The summed E-state index contributed by atoms with van der Waals surface area (Å²) in [4.78, 5) is 10.7. The number of carboxylic acids is 1. The molecule has 2 saturated heterocycles. The van der Waals surface area contributed by atoms with Gasteiger partial charge in [-0.05, 0) is 31.4 Å². The van der Waals surface area contributed by atoms with Crippen molar-refractivity contribution in [1.29, 1.82) is 0 Å². The Hall–Kier alpha value is -1.81. The summed E-state index contributed by atoms with van der Waals surface area (Å²) in [6.45, 7) is 0.